The average molecular weight is 465 g/mol. The van der Waals surface area contributed by atoms with Gasteiger partial charge in [0.05, 0.1) is 13.2 Å². The summed E-state index contributed by atoms with van der Waals surface area (Å²) in [4.78, 5) is 11.7. The first-order valence-corrected chi connectivity index (χ1v) is 11.5. The first kappa shape index (κ1) is 26.9. The molecule has 0 fully saturated rings. The Labute approximate surface area is 195 Å². The molecule has 0 heterocycles. The van der Waals surface area contributed by atoms with Gasteiger partial charge in [-0.3, -0.25) is 0 Å². The van der Waals surface area contributed by atoms with Crippen molar-refractivity contribution in [1.82, 2.24) is 0 Å². The van der Waals surface area contributed by atoms with Crippen LogP contribution in [0.15, 0.2) is 30.3 Å². The topological polar surface area (TPSA) is 115 Å². The molecule has 2 atom stereocenters. The SMILES string of the molecule is CCCCOCC(O)COc1ccc2c(OCC(O)COCCCC)c(C(=O)O)ccc2c1. The van der Waals surface area contributed by atoms with E-state index in [2.05, 4.69) is 13.8 Å². The summed E-state index contributed by atoms with van der Waals surface area (Å²) in [5.41, 5.74) is 0.00919. The zero-order valence-electron chi connectivity index (χ0n) is 19.5. The second-order valence-corrected chi connectivity index (χ2v) is 7.92. The lowest BCUT2D eigenvalue weighted by Gasteiger charge is -2.17. The lowest BCUT2D eigenvalue weighted by atomic mass is 10.0. The number of benzene rings is 2. The maximum absolute atomic E-state index is 11.7. The van der Waals surface area contributed by atoms with E-state index >= 15 is 0 Å². The predicted octanol–water partition coefficient (Wildman–Crippen LogP) is 3.65. The number of unbranched alkanes of at least 4 members (excludes halogenated alkanes) is 2. The van der Waals surface area contributed by atoms with E-state index in [9.17, 15) is 20.1 Å². The van der Waals surface area contributed by atoms with E-state index in [1.54, 1.807) is 24.3 Å². The van der Waals surface area contributed by atoms with Crippen LogP contribution in [0, 0.1) is 0 Å². The van der Waals surface area contributed by atoms with Crippen LogP contribution >= 0.6 is 0 Å². The maximum Gasteiger partial charge on any atom is 0.339 e. The van der Waals surface area contributed by atoms with E-state index < -0.39 is 18.2 Å². The molecule has 3 N–H and O–H groups in total. The fourth-order valence-electron chi connectivity index (χ4n) is 3.09. The van der Waals surface area contributed by atoms with Crippen molar-refractivity contribution in [2.24, 2.45) is 0 Å². The number of rotatable bonds is 17. The molecule has 2 aromatic rings. The molecule has 184 valence electrons. The first-order valence-electron chi connectivity index (χ1n) is 11.5. The Balaban J connectivity index is 2.03. The molecule has 0 bridgehead atoms. The Morgan fingerprint density at radius 3 is 2.03 bits per heavy atom. The molecule has 8 nitrogen and oxygen atoms in total. The molecule has 0 aliphatic heterocycles. The zero-order chi connectivity index (χ0) is 24.1. The fraction of sp³-hybridized carbons (Fsp3) is 0.560. The average Bonchev–Trinajstić information content (AvgIpc) is 2.81. The number of hydrogen-bond acceptors (Lipinski definition) is 7. The van der Waals surface area contributed by atoms with Crippen molar-refractivity contribution in [3.63, 3.8) is 0 Å². The highest BCUT2D eigenvalue weighted by atomic mass is 16.5. The van der Waals surface area contributed by atoms with Crippen molar-refractivity contribution < 1.29 is 39.1 Å². The van der Waals surface area contributed by atoms with Crippen LogP contribution in [0.5, 0.6) is 11.5 Å². The van der Waals surface area contributed by atoms with Gasteiger partial charge in [0, 0.05) is 18.6 Å². The van der Waals surface area contributed by atoms with Crippen molar-refractivity contribution in [2.75, 3.05) is 39.6 Å². The van der Waals surface area contributed by atoms with Crippen molar-refractivity contribution in [3.8, 4) is 11.5 Å². The van der Waals surface area contributed by atoms with E-state index in [0.29, 0.717) is 24.3 Å². The number of carbonyl (C=O) groups is 1. The van der Waals surface area contributed by atoms with Gasteiger partial charge in [-0.1, -0.05) is 32.8 Å². The molecule has 2 unspecified atom stereocenters. The molecule has 0 amide bonds. The normalized spacial score (nSPS) is 13.1. The molecule has 0 aliphatic rings. The lowest BCUT2D eigenvalue weighted by molar-refractivity contribution is 0.0112. The number of fused-ring (bicyclic) bond motifs is 1. The van der Waals surface area contributed by atoms with E-state index in [-0.39, 0.29) is 37.7 Å². The molecule has 0 saturated carbocycles. The number of aliphatic hydroxyl groups excluding tert-OH is 2. The van der Waals surface area contributed by atoms with E-state index in [4.69, 9.17) is 18.9 Å². The minimum atomic E-state index is -1.12. The highest BCUT2D eigenvalue weighted by Crippen LogP contribution is 2.32. The highest BCUT2D eigenvalue weighted by Gasteiger charge is 2.17. The van der Waals surface area contributed by atoms with Gasteiger partial charge in [-0.15, -0.1) is 0 Å². The summed E-state index contributed by atoms with van der Waals surface area (Å²) < 4.78 is 22.2. The second kappa shape index (κ2) is 14.7. The van der Waals surface area contributed by atoms with Crippen LogP contribution in [0.25, 0.3) is 10.8 Å². The number of aromatic carboxylic acids is 1. The summed E-state index contributed by atoms with van der Waals surface area (Å²) in [6.45, 7) is 5.62. The smallest absolute Gasteiger partial charge is 0.339 e. The van der Waals surface area contributed by atoms with Gasteiger partial charge in [-0.05, 0) is 42.5 Å². The quantitative estimate of drug-likeness (QED) is 0.304. The second-order valence-electron chi connectivity index (χ2n) is 7.92. The Hall–Kier alpha value is -2.39. The molecule has 0 aromatic heterocycles. The maximum atomic E-state index is 11.7. The van der Waals surface area contributed by atoms with Crippen LogP contribution < -0.4 is 9.47 Å². The molecule has 0 aliphatic carbocycles. The summed E-state index contributed by atoms with van der Waals surface area (Å²) in [7, 11) is 0. The molecular formula is C25H36O8. The summed E-state index contributed by atoms with van der Waals surface area (Å²) in [5, 5.41) is 31.0. The standard InChI is InChI=1S/C25H36O8/c1-3-5-11-30-14-19(26)16-32-21-8-10-22-18(13-21)7-9-23(25(28)29)24(22)33-17-20(27)15-31-12-6-4-2/h7-10,13,19-20,26-27H,3-6,11-12,14-17H2,1-2H3,(H,28,29). The van der Waals surface area contributed by atoms with Crippen LogP contribution in [0.2, 0.25) is 0 Å². The summed E-state index contributed by atoms with van der Waals surface area (Å²) >= 11 is 0. The number of ether oxygens (including phenoxy) is 4. The Kier molecular flexibility index (Phi) is 12.0. The molecule has 0 saturated heterocycles. The van der Waals surface area contributed by atoms with E-state index in [1.165, 1.54) is 6.07 Å². The van der Waals surface area contributed by atoms with Crippen molar-refractivity contribution in [2.45, 2.75) is 51.7 Å². The fourth-order valence-corrected chi connectivity index (χ4v) is 3.09. The lowest BCUT2D eigenvalue weighted by Crippen LogP contribution is -2.24. The van der Waals surface area contributed by atoms with Crippen LogP contribution in [-0.4, -0.2) is 73.1 Å². The largest absolute Gasteiger partial charge is 0.491 e. The summed E-state index contributed by atoms with van der Waals surface area (Å²) in [5.74, 6) is -0.399. The van der Waals surface area contributed by atoms with Gasteiger partial charge in [-0.25, -0.2) is 4.79 Å². The van der Waals surface area contributed by atoms with Gasteiger partial charge >= 0.3 is 5.97 Å². The Morgan fingerprint density at radius 2 is 1.45 bits per heavy atom. The first-order chi connectivity index (χ1) is 16.0. The Bertz CT molecular complexity index is 854. The van der Waals surface area contributed by atoms with Gasteiger partial charge in [0.1, 0.15) is 42.5 Å². The molecule has 2 rings (SSSR count). The van der Waals surface area contributed by atoms with Gasteiger partial charge < -0.3 is 34.3 Å². The van der Waals surface area contributed by atoms with Crippen LogP contribution in [0.3, 0.4) is 0 Å². The van der Waals surface area contributed by atoms with E-state index in [0.717, 1.165) is 31.1 Å². The molecule has 33 heavy (non-hydrogen) atoms. The third-order valence-electron chi connectivity index (χ3n) is 4.94. The molecular weight excluding hydrogens is 428 g/mol. The summed E-state index contributed by atoms with van der Waals surface area (Å²) in [6, 6.07) is 8.29. The third-order valence-corrected chi connectivity index (χ3v) is 4.94. The molecule has 0 spiro atoms. The Morgan fingerprint density at radius 1 is 0.848 bits per heavy atom. The minimum absolute atomic E-state index is 0.00919. The van der Waals surface area contributed by atoms with Crippen LogP contribution in [0.4, 0.5) is 0 Å². The van der Waals surface area contributed by atoms with Gasteiger partial charge in [0.15, 0.2) is 0 Å². The van der Waals surface area contributed by atoms with Crippen molar-refractivity contribution in [1.29, 1.82) is 0 Å². The number of carboxylic acids is 1. The van der Waals surface area contributed by atoms with Gasteiger partial charge in [-0.2, -0.15) is 0 Å². The molecule has 0 radical (unpaired) electrons. The minimum Gasteiger partial charge on any atom is -0.491 e. The number of hydrogen-bond donors (Lipinski definition) is 3. The highest BCUT2D eigenvalue weighted by molar-refractivity contribution is 6.01. The number of carboxylic acid groups (broad SMARTS) is 1. The molecule has 2 aromatic carbocycles. The zero-order valence-corrected chi connectivity index (χ0v) is 19.5. The third kappa shape index (κ3) is 9.17. The van der Waals surface area contributed by atoms with Gasteiger partial charge in [0.2, 0.25) is 0 Å². The summed E-state index contributed by atoms with van der Waals surface area (Å²) in [6.07, 6.45) is 2.28. The van der Waals surface area contributed by atoms with Crippen molar-refractivity contribution >= 4 is 16.7 Å². The van der Waals surface area contributed by atoms with Crippen LogP contribution in [-0.2, 0) is 9.47 Å². The monoisotopic (exact) mass is 464 g/mol. The van der Waals surface area contributed by atoms with Crippen molar-refractivity contribution in [3.05, 3.63) is 35.9 Å². The molecule has 8 heteroatoms. The van der Waals surface area contributed by atoms with Gasteiger partial charge in [0.25, 0.3) is 0 Å². The number of aliphatic hydroxyl groups is 2. The van der Waals surface area contributed by atoms with Crippen LogP contribution in [0.1, 0.15) is 49.9 Å². The van der Waals surface area contributed by atoms with E-state index in [1.807, 2.05) is 0 Å². The predicted molar refractivity (Wildman–Crippen MR) is 125 cm³/mol.